The van der Waals surface area contributed by atoms with E-state index in [1.54, 1.807) is 38.1 Å². The highest BCUT2D eigenvalue weighted by atomic mass is 35.5. The number of nitrogens with two attached hydrogens (primary N) is 1. The van der Waals surface area contributed by atoms with Crippen LogP contribution in [0.25, 0.3) is 0 Å². The lowest BCUT2D eigenvalue weighted by Gasteiger charge is -2.12. The minimum atomic E-state index is -0.707. The maximum absolute atomic E-state index is 14.4. The fraction of sp³-hybridized carbons (Fsp3) is 0.273. The Morgan fingerprint density at radius 1 is 1.24 bits per heavy atom. The normalized spacial score (nSPS) is 11.6. The highest BCUT2D eigenvalue weighted by molar-refractivity contribution is 6.30. The molecule has 0 atom stereocenters. The summed E-state index contributed by atoms with van der Waals surface area (Å²) >= 11 is 5.95. The van der Waals surface area contributed by atoms with Gasteiger partial charge in [0, 0.05) is 24.2 Å². The molecule has 3 rings (SSSR count). The third kappa shape index (κ3) is 6.35. The van der Waals surface area contributed by atoms with Crippen molar-refractivity contribution in [1.82, 2.24) is 19.4 Å². The lowest BCUT2D eigenvalue weighted by molar-refractivity contribution is 0.231. The summed E-state index contributed by atoms with van der Waals surface area (Å²) in [6.07, 6.45) is -0.208. The number of nitrogens with zero attached hydrogens (tertiary/aromatic N) is 3. The SMILES string of the molecule is CC(C)Oc1ccc(/N=c2/[nH]c(=O)n(CCNC(=N)N)c(=O)n2Cc2ccc(Cl)cc2)cc1F. The average Bonchev–Trinajstić information content (AvgIpc) is 2.76. The van der Waals surface area contributed by atoms with Gasteiger partial charge in [0.15, 0.2) is 17.5 Å². The van der Waals surface area contributed by atoms with Gasteiger partial charge in [0.1, 0.15) is 0 Å². The van der Waals surface area contributed by atoms with Crippen LogP contribution in [-0.2, 0) is 13.1 Å². The van der Waals surface area contributed by atoms with Gasteiger partial charge in [-0.1, -0.05) is 23.7 Å². The van der Waals surface area contributed by atoms with Gasteiger partial charge in [-0.25, -0.2) is 23.5 Å². The number of rotatable bonds is 8. The number of nitrogens with one attached hydrogen (secondary N) is 3. The highest BCUT2D eigenvalue weighted by Crippen LogP contribution is 2.23. The molecule has 0 bridgehead atoms. The summed E-state index contributed by atoms with van der Waals surface area (Å²) in [5.41, 5.74) is 4.78. The molecule has 1 aromatic heterocycles. The van der Waals surface area contributed by atoms with Gasteiger partial charge in [0.2, 0.25) is 5.62 Å². The first kappa shape index (κ1) is 24.8. The van der Waals surface area contributed by atoms with E-state index in [1.165, 1.54) is 16.7 Å². The Labute approximate surface area is 199 Å². The maximum Gasteiger partial charge on any atom is 0.335 e. The van der Waals surface area contributed by atoms with Crippen LogP contribution in [0, 0.1) is 11.2 Å². The smallest absolute Gasteiger partial charge is 0.335 e. The maximum atomic E-state index is 14.4. The summed E-state index contributed by atoms with van der Waals surface area (Å²) in [5.74, 6) is -0.827. The molecule has 0 aliphatic rings. The molecule has 0 spiro atoms. The van der Waals surface area contributed by atoms with Gasteiger partial charge in [-0.2, -0.15) is 0 Å². The van der Waals surface area contributed by atoms with Crippen LogP contribution in [0.2, 0.25) is 5.02 Å². The van der Waals surface area contributed by atoms with Crippen molar-refractivity contribution < 1.29 is 9.13 Å². The predicted octanol–water partition coefficient (Wildman–Crippen LogP) is 1.68. The van der Waals surface area contributed by atoms with Crippen LogP contribution < -0.4 is 32.8 Å². The van der Waals surface area contributed by atoms with Crippen molar-refractivity contribution in [3.63, 3.8) is 0 Å². The van der Waals surface area contributed by atoms with E-state index in [2.05, 4.69) is 15.3 Å². The van der Waals surface area contributed by atoms with Crippen molar-refractivity contribution >= 4 is 23.2 Å². The van der Waals surface area contributed by atoms with Gasteiger partial charge in [-0.15, -0.1) is 0 Å². The molecule has 0 aliphatic carbocycles. The summed E-state index contributed by atoms with van der Waals surface area (Å²) in [4.78, 5) is 32.7. The van der Waals surface area contributed by atoms with E-state index in [0.717, 1.165) is 16.2 Å². The third-order valence-corrected chi connectivity index (χ3v) is 4.85. The van der Waals surface area contributed by atoms with Crippen molar-refractivity contribution in [2.24, 2.45) is 10.7 Å². The van der Waals surface area contributed by atoms with Crippen molar-refractivity contribution in [2.75, 3.05) is 6.54 Å². The number of benzene rings is 2. The summed E-state index contributed by atoms with van der Waals surface area (Å²) in [6, 6.07) is 11.0. The summed E-state index contributed by atoms with van der Waals surface area (Å²) < 4.78 is 22.1. The van der Waals surface area contributed by atoms with Gasteiger partial charge < -0.3 is 15.8 Å². The largest absolute Gasteiger partial charge is 0.488 e. The predicted molar refractivity (Wildman–Crippen MR) is 127 cm³/mol. The van der Waals surface area contributed by atoms with Crippen LogP contribution in [0.3, 0.4) is 0 Å². The molecule has 5 N–H and O–H groups in total. The second-order valence-corrected chi connectivity index (χ2v) is 8.07. The van der Waals surface area contributed by atoms with Crippen LogP contribution in [-0.4, -0.2) is 32.7 Å². The molecule has 0 aliphatic heterocycles. The molecule has 2 aromatic carbocycles. The standard InChI is InChI=1S/C22H25ClFN7O3/c1-13(2)34-18-8-7-16(11-17(18)24)28-20-29-21(32)30(10-9-27-19(25)26)22(33)31(20)12-14-3-5-15(23)6-4-14/h3-8,11,13H,9-10,12H2,1-2H3,(H4,25,26,27)(H,28,29,32). The van der Waals surface area contributed by atoms with E-state index >= 15 is 0 Å². The Hall–Kier alpha value is -3.86. The molecule has 0 saturated carbocycles. The molecule has 1 heterocycles. The van der Waals surface area contributed by atoms with E-state index in [4.69, 9.17) is 27.5 Å². The van der Waals surface area contributed by atoms with Gasteiger partial charge in [0.25, 0.3) is 0 Å². The number of hydrogen-bond donors (Lipinski definition) is 4. The number of aromatic nitrogens is 3. The molecular weight excluding hydrogens is 465 g/mol. The fourth-order valence-corrected chi connectivity index (χ4v) is 3.21. The number of guanidine groups is 1. The van der Waals surface area contributed by atoms with Crippen LogP contribution in [0.1, 0.15) is 19.4 Å². The Kier molecular flexibility index (Phi) is 7.90. The number of ether oxygens (including phenoxy) is 1. The second kappa shape index (κ2) is 10.8. The Balaban J connectivity index is 2.10. The quantitative estimate of drug-likeness (QED) is 0.281. The van der Waals surface area contributed by atoms with Crippen LogP contribution >= 0.6 is 11.6 Å². The molecule has 0 amide bonds. The second-order valence-electron chi connectivity index (χ2n) is 7.63. The average molecular weight is 490 g/mol. The van der Waals surface area contributed by atoms with Gasteiger partial charge in [-0.05, 0) is 43.7 Å². The molecule has 3 aromatic rings. The Morgan fingerprint density at radius 2 is 1.94 bits per heavy atom. The van der Waals surface area contributed by atoms with E-state index in [0.29, 0.717) is 5.02 Å². The van der Waals surface area contributed by atoms with Crippen LogP contribution in [0.15, 0.2) is 57.0 Å². The van der Waals surface area contributed by atoms with Gasteiger partial charge in [0.05, 0.1) is 18.3 Å². The van der Waals surface area contributed by atoms with Gasteiger partial charge in [-0.3, -0.25) is 15.0 Å². The molecule has 0 saturated heterocycles. The topological polar surface area (TPSA) is 143 Å². The Bertz CT molecular complexity index is 1360. The fourth-order valence-electron chi connectivity index (χ4n) is 3.09. The molecule has 10 nitrogen and oxygen atoms in total. The van der Waals surface area contributed by atoms with Crippen molar-refractivity contribution in [1.29, 1.82) is 5.41 Å². The number of hydrogen-bond acceptors (Lipinski definition) is 5. The molecule has 12 heteroatoms. The monoisotopic (exact) mass is 489 g/mol. The van der Waals surface area contributed by atoms with Crippen molar-refractivity contribution in [3.05, 3.63) is 85.5 Å². The number of H-pyrrole nitrogens is 1. The minimum Gasteiger partial charge on any atom is -0.488 e. The first-order chi connectivity index (χ1) is 16.1. The molecule has 34 heavy (non-hydrogen) atoms. The van der Waals surface area contributed by atoms with Gasteiger partial charge >= 0.3 is 11.4 Å². The molecule has 0 unspecified atom stereocenters. The van der Waals surface area contributed by atoms with E-state index in [-0.39, 0.29) is 48.8 Å². The van der Waals surface area contributed by atoms with Crippen LogP contribution in [0.5, 0.6) is 5.75 Å². The molecule has 0 radical (unpaired) electrons. The zero-order valence-electron chi connectivity index (χ0n) is 18.6. The first-order valence-electron chi connectivity index (χ1n) is 10.4. The zero-order chi connectivity index (χ0) is 24.8. The molecular formula is C22H25ClFN7O3. The third-order valence-electron chi connectivity index (χ3n) is 4.60. The van der Waals surface area contributed by atoms with E-state index < -0.39 is 17.2 Å². The van der Waals surface area contributed by atoms with Crippen molar-refractivity contribution in [3.8, 4) is 5.75 Å². The van der Waals surface area contributed by atoms with E-state index in [9.17, 15) is 14.0 Å². The minimum absolute atomic E-state index is 0.0372. The summed E-state index contributed by atoms with van der Waals surface area (Å²) in [6.45, 7) is 3.69. The van der Waals surface area contributed by atoms with Crippen LogP contribution in [0.4, 0.5) is 10.1 Å². The van der Waals surface area contributed by atoms with Crippen molar-refractivity contribution in [2.45, 2.75) is 33.0 Å². The van der Waals surface area contributed by atoms with E-state index in [1.807, 2.05) is 0 Å². The highest BCUT2D eigenvalue weighted by Gasteiger charge is 2.11. The number of aromatic amines is 1. The lowest BCUT2D eigenvalue weighted by atomic mass is 10.2. The lowest BCUT2D eigenvalue weighted by Crippen LogP contribution is -2.51. The first-order valence-corrected chi connectivity index (χ1v) is 10.8. The Morgan fingerprint density at radius 3 is 2.56 bits per heavy atom. The summed E-state index contributed by atoms with van der Waals surface area (Å²) in [7, 11) is 0. The number of halogens is 2. The summed E-state index contributed by atoms with van der Waals surface area (Å²) in [5, 5.41) is 10.3. The molecule has 180 valence electrons. The zero-order valence-corrected chi connectivity index (χ0v) is 19.4. The molecule has 0 fully saturated rings.